The minimum atomic E-state index is -4.57. The molecule has 0 aliphatic carbocycles. The van der Waals surface area contributed by atoms with Gasteiger partial charge in [0.05, 0.1) is 11.8 Å². The summed E-state index contributed by atoms with van der Waals surface area (Å²) in [6.07, 6.45) is -4.85. The van der Waals surface area contributed by atoms with Crippen molar-refractivity contribution in [3.8, 4) is 0 Å². The van der Waals surface area contributed by atoms with Crippen molar-refractivity contribution >= 4 is 17.6 Å². The second kappa shape index (κ2) is 6.81. The van der Waals surface area contributed by atoms with Crippen molar-refractivity contribution < 1.29 is 27.9 Å². The van der Waals surface area contributed by atoms with E-state index in [0.29, 0.717) is 11.3 Å². The molecule has 2 N–H and O–H groups in total. The number of carbonyl (C=O) groups excluding carboxylic acids is 1. The number of carboxylic acid groups (broad SMARTS) is 1. The Bertz CT molecular complexity index is 824. The molecule has 26 heavy (non-hydrogen) atoms. The molecule has 0 unspecified atom stereocenters. The van der Waals surface area contributed by atoms with Gasteiger partial charge in [-0.05, 0) is 37.6 Å². The Hall–Kier alpha value is -2.84. The van der Waals surface area contributed by atoms with Crippen molar-refractivity contribution in [1.29, 1.82) is 0 Å². The molecule has 140 valence electrons. The van der Waals surface area contributed by atoms with E-state index in [4.69, 9.17) is 0 Å². The van der Waals surface area contributed by atoms with Crippen LogP contribution in [0.15, 0.2) is 30.3 Å². The average molecular weight is 369 g/mol. The Morgan fingerprint density at radius 3 is 2.23 bits per heavy atom. The third-order valence-electron chi connectivity index (χ3n) is 4.03. The van der Waals surface area contributed by atoms with Crippen molar-refractivity contribution in [2.75, 3.05) is 5.32 Å². The zero-order chi connectivity index (χ0) is 19.7. The van der Waals surface area contributed by atoms with E-state index in [-0.39, 0.29) is 12.1 Å². The number of rotatable bonds is 5. The van der Waals surface area contributed by atoms with Crippen LogP contribution in [0.5, 0.6) is 0 Å². The summed E-state index contributed by atoms with van der Waals surface area (Å²) < 4.78 is 38.9. The average Bonchev–Trinajstić information content (AvgIpc) is 2.88. The molecule has 0 aliphatic heterocycles. The maximum Gasteiger partial charge on any atom is 0.435 e. The molecule has 2 rings (SSSR count). The minimum absolute atomic E-state index is 0.124. The summed E-state index contributed by atoms with van der Waals surface area (Å²) in [6.45, 7) is 3.12. The maximum absolute atomic E-state index is 12.6. The number of aromatic nitrogens is 2. The maximum atomic E-state index is 12.6. The number of hydrogen-bond donors (Lipinski definition) is 2. The van der Waals surface area contributed by atoms with Crippen LogP contribution in [0.3, 0.4) is 0 Å². The Balaban J connectivity index is 2.07. The number of carbonyl (C=O) groups is 2. The van der Waals surface area contributed by atoms with Gasteiger partial charge < -0.3 is 10.4 Å². The van der Waals surface area contributed by atoms with Crippen LogP contribution in [0.2, 0.25) is 0 Å². The summed E-state index contributed by atoms with van der Waals surface area (Å²) in [5, 5.41) is 15.1. The van der Waals surface area contributed by atoms with Crippen molar-refractivity contribution in [2.24, 2.45) is 7.05 Å². The lowest BCUT2D eigenvalue weighted by Crippen LogP contribution is -2.28. The molecule has 1 heterocycles. The van der Waals surface area contributed by atoms with Gasteiger partial charge in [0.1, 0.15) is 0 Å². The highest BCUT2D eigenvalue weighted by Crippen LogP contribution is 2.28. The predicted octanol–water partition coefficient (Wildman–Crippen LogP) is 2.98. The highest BCUT2D eigenvalue weighted by atomic mass is 19.4. The van der Waals surface area contributed by atoms with Gasteiger partial charge >= 0.3 is 12.1 Å². The molecule has 1 aromatic carbocycles. The summed E-state index contributed by atoms with van der Waals surface area (Å²) >= 11 is 0. The van der Waals surface area contributed by atoms with Crippen LogP contribution < -0.4 is 5.32 Å². The lowest BCUT2D eigenvalue weighted by atomic mass is 9.85. The number of aryl methyl sites for hydroxylation is 1. The number of hydrogen-bond acceptors (Lipinski definition) is 3. The van der Waals surface area contributed by atoms with Crippen LogP contribution in [0.1, 0.15) is 30.8 Å². The van der Waals surface area contributed by atoms with Crippen LogP contribution in [0.25, 0.3) is 0 Å². The molecule has 0 saturated carbocycles. The predicted molar refractivity (Wildman–Crippen MR) is 87.6 cm³/mol. The minimum Gasteiger partial charge on any atom is -0.481 e. The first-order valence-electron chi connectivity index (χ1n) is 7.65. The first kappa shape index (κ1) is 19.5. The summed E-state index contributed by atoms with van der Waals surface area (Å²) in [6, 6.07) is 7.08. The van der Waals surface area contributed by atoms with Gasteiger partial charge in [-0.25, -0.2) is 0 Å². The van der Waals surface area contributed by atoms with Gasteiger partial charge in [0, 0.05) is 18.4 Å². The highest BCUT2D eigenvalue weighted by molar-refractivity contribution is 5.92. The monoisotopic (exact) mass is 369 g/mol. The number of amides is 1. The Labute approximate surface area is 147 Å². The van der Waals surface area contributed by atoms with Crippen molar-refractivity contribution in [3.05, 3.63) is 47.3 Å². The van der Waals surface area contributed by atoms with E-state index in [1.165, 1.54) is 7.05 Å². The molecule has 6 nitrogen and oxygen atoms in total. The van der Waals surface area contributed by atoms with Gasteiger partial charge in [-0.1, -0.05) is 12.1 Å². The molecule has 9 heteroatoms. The van der Waals surface area contributed by atoms with Gasteiger partial charge in [-0.15, -0.1) is 0 Å². The summed E-state index contributed by atoms with van der Waals surface area (Å²) in [7, 11) is 1.33. The number of anilines is 1. The quantitative estimate of drug-likeness (QED) is 0.849. The van der Waals surface area contributed by atoms with Gasteiger partial charge in [-0.2, -0.15) is 18.3 Å². The SMILES string of the molecule is Cn1nc(C(F)(F)F)cc1CC(=O)Nc1ccc(C(C)(C)C(=O)O)cc1. The third kappa shape index (κ3) is 4.22. The van der Waals surface area contributed by atoms with Crippen LogP contribution in [-0.4, -0.2) is 26.8 Å². The normalized spacial score (nSPS) is 12.1. The highest BCUT2D eigenvalue weighted by Gasteiger charge is 2.34. The molecule has 0 atom stereocenters. The molecular formula is C17H18F3N3O3. The first-order chi connectivity index (χ1) is 11.9. The Morgan fingerprint density at radius 1 is 1.19 bits per heavy atom. The molecule has 0 saturated heterocycles. The molecule has 0 radical (unpaired) electrons. The topological polar surface area (TPSA) is 84.2 Å². The van der Waals surface area contributed by atoms with Crippen molar-refractivity contribution in [2.45, 2.75) is 31.9 Å². The summed E-state index contributed by atoms with van der Waals surface area (Å²) in [5.41, 5.74) is -1.03. The van der Waals surface area contributed by atoms with E-state index in [9.17, 15) is 27.9 Å². The van der Waals surface area contributed by atoms with Crippen LogP contribution in [0.4, 0.5) is 18.9 Å². The lowest BCUT2D eigenvalue weighted by molar-refractivity contribution is -0.142. The van der Waals surface area contributed by atoms with E-state index >= 15 is 0 Å². The van der Waals surface area contributed by atoms with Gasteiger partial charge in [0.15, 0.2) is 5.69 Å². The van der Waals surface area contributed by atoms with E-state index in [0.717, 1.165) is 10.7 Å². The molecule has 1 amide bonds. The van der Waals surface area contributed by atoms with Crippen molar-refractivity contribution in [3.63, 3.8) is 0 Å². The smallest absolute Gasteiger partial charge is 0.435 e. The molecule has 0 spiro atoms. The summed E-state index contributed by atoms with van der Waals surface area (Å²) in [4.78, 5) is 23.3. The number of benzene rings is 1. The molecule has 0 fully saturated rings. The molecule has 0 bridgehead atoms. The van der Waals surface area contributed by atoms with Crippen molar-refractivity contribution in [1.82, 2.24) is 9.78 Å². The lowest BCUT2D eigenvalue weighted by Gasteiger charge is -2.19. The van der Waals surface area contributed by atoms with Crippen LogP contribution in [-0.2, 0) is 34.6 Å². The number of nitrogens with zero attached hydrogens (tertiary/aromatic N) is 2. The fourth-order valence-electron chi connectivity index (χ4n) is 2.27. The first-order valence-corrected chi connectivity index (χ1v) is 7.65. The van der Waals surface area contributed by atoms with Crippen LogP contribution >= 0.6 is 0 Å². The third-order valence-corrected chi connectivity index (χ3v) is 4.03. The number of halogens is 3. The largest absolute Gasteiger partial charge is 0.481 e. The van der Waals surface area contributed by atoms with Gasteiger partial charge in [0.2, 0.25) is 5.91 Å². The molecule has 2 aromatic rings. The number of aliphatic carboxylic acids is 1. The molecular weight excluding hydrogens is 351 g/mol. The second-order valence-electron chi connectivity index (χ2n) is 6.37. The molecule has 0 aliphatic rings. The zero-order valence-corrected chi connectivity index (χ0v) is 14.4. The summed E-state index contributed by atoms with van der Waals surface area (Å²) in [5.74, 6) is -1.49. The number of carboxylic acids is 1. The standard InChI is InChI=1S/C17H18F3N3O3/c1-16(2,15(25)26)10-4-6-11(7-5-10)21-14(24)9-12-8-13(17(18,19)20)22-23(12)3/h4-8H,9H2,1-3H3,(H,21,24)(H,25,26). The Morgan fingerprint density at radius 2 is 1.77 bits per heavy atom. The van der Waals surface area contributed by atoms with Gasteiger partial charge in [-0.3, -0.25) is 14.3 Å². The number of alkyl halides is 3. The molecule has 1 aromatic heterocycles. The zero-order valence-electron chi connectivity index (χ0n) is 14.4. The van der Waals surface area contributed by atoms with E-state index in [2.05, 4.69) is 10.4 Å². The van der Waals surface area contributed by atoms with Gasteiger partial charge in [0.25, 0.3) is 0 Å². The fourth-order valence-corrected chi connectivity index (χ4v) is 2.27. The van der Waals surface area contributed by atoms with Crippen LogP contribution in [0, 0.1) is 0 Å². The number of nitrogens with one attached hydrogen (secondary N) is 1. The fraction of sp³-hybridized carbons (Fsp3) is 0.353. The van der Waals surface area contributed by atoms with E-state index < -0.39 is 29.2 Å². The van der Waals surface area contributed by atoms with E-state index in [1.54, 1.807) is 38.1 Å². The Kier molecular flexibility index (Phi) is 5.11. The van der Waals surface area contributed by atoms with E-state index in [1.807, 2.05) is 0 Å². The second-order valence-corrected chi connectivity index (χ2v) is 6.37.